The van der Waals surface area contributed by atoms with E-state index in [1.54, 1.807) is 0 Å². The van der Waals surface area contributed by atoms with Crippen LogP contribution < -0.4 is 10.4 Å². The van der Waals surface area contributed by atoms with Crippen molar-refractivity contribution < 1.29 is 0 Å². The number of hydrazine groups is 1. The number of nitrogens with zero attached hydrogens (tertiary/aromatic N) is 1. The molecule has 18 heavy (non-hydrogen) atoms. The lowest BCUT2D eigenvalue weighted by Crippen LogP contribution is -2.30. The number of allylic oxidation sites excluding steroid dienone is 2. The minimum atomic E-state index is 1.12. The van der Waals surface area contributed by atoms with Crippen LogP contribution in [0.4, 0.5) is 5.69 Å². The highest BCUT2D eigenvalue weighted by Crippen LogP contribution is 2.20. The van der Waals surface area contributed by atoms with Gasteiger partial charge < -0.3 is 5.43 Å². The van der Waals surface area contributed by atoms with E-state index in [0.717, 1.165) is 5.69 Å². The van der Waals surface area contributed by atoms with Gasteiger partial charge in [-0.3, -0.25) is 5.01 Å². The average Bonchev–Trinajstić information content (AvgIpc) is 2.49. The number of hydrogen-bond acceptors (Lipinski definition) is 2. The molecule has 2 heteroatoms. The maximum Gasteiger partial charge on any atom is 0.0623 e. The molecule has 1 aliphatic heterocycles. The maximum absolute atomic E-state index is 3.27. The molecule has 0 aliphatic carbocycles. The Morgan fingerprint density at radius 3 is 2.06 bits per heavy atom. The van der Waals surface area contributed by atoms with Crippen molar-refractivity contribution in [3.05, 3.63) is 84.7 Å². The van der Waals surface area contributed by atoms with Gasteiger partial charge in [0.2, 0.25) is 0 Å². The van der Waals surface area contributed by atoms with Gasteiger partial charge in [0, 0.05) is 18.0 Å². The third-order valence-corrected chi connectivity index (χ3v) is 2.90. The van der Waals surface area contributed by atoms with Gasteiger partial charge in [-0.25, -0.2) is 0 Å². The second-order valence-corrected chi connectivity index (χ2v) is 4.12. The molecule has 1 aliphatic rings. The summed E-state index contributed by atoms with van der Waals surface area (Å²) in [4.78, 5) is 0. The Bertz CT molecular complexity index is 571. The molecular formula is C16H14N2. The van der Waals surface area contributed by atoms with Gasteiger partial charge in [-0.2, -0.15) is 0 Å². The summed E-state index contributed by atoms with van der Waals surface area (Å²) in [5, 5.41) is 1.99. The summed E-state index contributed by atoms with van der Waals surface area (Å²) in [6.45, 7) is 0. The molecule has 0 amide bonds. The Hall–Kier alpha value is -2.48. The van der Waals surface area contributed by atoms with Gasteiger partial charge in [-0.1, -0.05) is 48.5 Å². The second-order valence-electron chi connectivity index (χ2n) is 4.12. The van der Waals surface area contributed by atoms with Crippen molar-refractivity contribution in [1.29, 1.82) is 0 Å². The van der Waals surface area contributed by atoms with Gasteiger partial charge in [0.25, 0.3) is 0 Å². The molecular weight excluding hydrogens is 220 g/mol. The van der Waals surface area contributed by atoms with E-state index < -0.39 is 0 Å². The van der Waals surface area contributed by atoms with Crippen LogP contribution in [0.15, 0.2) is 79.1 Å². The summed E-state index contributed by atoms with van der Waals surface area (Å²) < 4.78 is 0. The Morgan fingerprint density at radius 1 is 0.778 bits per heavy atom. The van der Waals surface area contributed by atoms with Gasteiger partial charge in [-0.05, 0) is 23.8 Å². The molecule has 0 bridgehead atoms. The standard InChI is InChI=1S/C16H14N2/c1-3-7-14(8-4-1)15-11-12-18(17-13-15)16-9-5-2-6-10-16/h1-13,17H. The molecule has 88 valence electrons. The molecule has 0 fully saturated rings. The van der Waals surface area contributed by atoms with Crippen LogP contribution in [0, 0.1) is 0 Å². The van der Waals surface area contributed by atoms with Crippen molar-refractivity contribution in [3.63, 3.8) is 0 Å². The van der Waals surface area contributed by atoms with Crippen LogP contribution in [-0.4, -0.2) is 0 Å². The SMILES string of the molecule is C1=CN(c2ccccc2)NC=C1c1ccccc1. The van der Waals surface area contributed by atoms with E-state index in [1.165, 1.54) is 11.1 Å². The number of anilines is 1. The largest absolute Gasteiger partial charge is 0.301 e. The summed E-state index contributed by atoms with van der Waals surface area (Å²) in [6, 6.07) is 20.6. The zero-order valence-electron chi connectivity index (χ0n) is 9.95. The fourth-order valence-electron chi connectivity index (χ4n) is 1.94. The molecule has 2 nitrogen and oxygen atoms in total. The van der Waals surface area contributed by atoms with Crippen molar-refractivity contribution in [2.24, 2.45) is 0 Å². The minimum Gasteiger partial charge on any atom is -0.301 e. The number of benzene rings is 2. The van der Waals surface area contributed by atoms with E-state index >= 15 is 0 Å². The normalized spacial score (nSPS) is 14.0. The quantitative estimate of drug-likeness (QED) is 0.854. The van der Waals surface area contributed by atoms with Gasteiger partial charge in [0.05, 0.1) is 5.69 Å². The van der Waals surface area contributed by atoms with Crippen molar-refractivity contribution in [2.75, 3.05) is 5.01 Å². The van der Waals surface area contributed by atoms with Crippen LogP contribution in [0.2, 0.25) is 0 Å². The topological polar surface area (TPSA) is 15.3 Å². The predicted molar refractivity (Wildman–Crippen MR) is 75.6 cm³/mol. The second kappa shape index (κ2) is 4.80. The van der Waals surface area contributed by atoms with Crippen LogP contribution in [-0.2, 0) is 0 Å². The minimum absolute atomic E-state index is 1.12. The lowest BCUT2D eigenvalue weighted by molar-refractivity contribution is 0.871. The maximum atomic E-state index is 3.27. The van der Waals surface area contributed by atoms with Gasteiger partial charge in [0.1, 0.15) is 0 Å². The van der Waals surface area contributed by atoms with Gasteiger partial charge >= 0.3 is 0 Å². The molecule has 0 aromatic heterocycles. The number of hydrogen-bond donors (Lipinski definition) is 1. The van der Waals surface area contributed by atoms with E-state index in [0.29, 0.717) is 0 Å². The molecule has 0 saturated carbocycles. The fraction of sp³-hybridized carbons (Fsp3) is 0. The smallest absolute Gasteiger partial charge is 0.0623 e. The van der Waals surface area contributed by atoms with E-state index in [4.69, 9.17) is 0 Å². The summed E-state index contributed by atoms with van der Waals surface area (Å²) >= 11 is 0. The molecule has 1 N–H and O–H groups in total. The number of nitrogens with one attached hydrogen (secondary N) is 1. The van der Waals surface area contributed by atoms with Crippen LogP contribution in [0.5, 0.6) is 0 Å². The lowest BCUT2D eigenvalue weighted by atomic mass is 10.1. The van der Waals surface area contributed by atoms with Crippen molar-refractivity contribution in [3.8, 4) is 0 Å². The first-order valence-electron chi connectivity index (χ1n) is 5.98. The van der Waals surface area contributed by atoms with Gasteiger partial charge in [0.15, 0.2) is 0 Å². The number of para-hydroxylation sites is 1. The summed E-state index contributed by atoms with van der Waals surface area (Å²) in [6.07, 6.45) is 6.17. The lowest BCUT2D eigenvalue weighted by Gasteiger charge is -2.24. The third kappa shape index (κ3) is 2.13. The highest BCUT2D eigenvalue weighted by atomic mass is 15.5. The summed E-state index contributed by atoms with van der Waals surface area (Å²) in [5.41, 5.74) is 6.79. The van der Waals surface area contributed by atoms with Crippen LogP contribution in [0.1, 0.15) is 5.56 Å². The molecule has 2 aromatic rings. The first kappa shape index (κ1) is 10.7. The summed E-state index contributed by atoms with van der Waals surface area (Å²) in [7, 11) is 0. The van der Waals surface area contributed by atoms with Crippen LogP contribution in [0.25, 0.3) is 5.57 Å². The molecule has 0 spiro atoms. The van der Waals surface area contributed by atoms with Crippen LogP contribution >= 0.6 is 0 Å². The third-order valence-electron chi connectivity index (χ3n) is 2.90. The molecule has 0 atom stereocenters. The highest BCUT2D eigenvalue weighted by Gasteiger charge is 2.06. The zero-order chi connectivity index (χ0) is 12.2. The van der Waals surface area contributed by atoms with Crippen LogP contribution in [0.3, 0.4) is 0 Å². The van der Waals surface area contributed by atoms with E-state index in [9.17, 15) is 0 Å². The molecule has 0 saturated heterocycles. The van der Waals surface area contributed by atoms with E-state index in [2.05, 4.69) is 35.8 Å². The molecule has 1 heterocycles. The van der Waals surface area contributed by atoms with E-state index in [1.807, 2.05) is 53.8 Å². The Balaban J connectivity index is 1.79. The van der Waals surface area contributed by atoms with Crippen molar-refractivity contribution >= 4 is 11.3 Å². The first-order valence-corrected chi connectivity index (χ1v) is 5.98. The molecule has 0 radical (unpaired) electrons. The average molecular weight is 234 g/mol. The first-order chi connectivity index (χ1) is 8.93. The molecule has 3 rings (SSSR count). The van der Waals surface area contributed by atoms with E-state index in [-0.39, 0.29) is 0 Å². The highest BCUT2D eigenvalue weighted by molar-refractivity contribution is 5.75. The summed E-state index contributed by atoms with van der Waals surface area (Å²) in [5.74, 6) is 0. The van der Waals surface area contributed by atoms with Crippen molar-refractivity contribution in [1.82, 2.24) is 5.43 Å². The molecule has 0 unspecified atom stereocenters. The zero-order valence-corrected chi connectivity index (χ0v) is 9.95. The fourth-order valence-corrected chi connectivity index (χ4v) is 1.94. The Labute approximate surface area is 107 Å². The number of rotatable bonds is 2. The predicted octanol–water partition coefficient (Wildman–Crippen LogP) is 3.57. The molecule has 2 aromatic carbocycles. The monoisotopic (exact) mass is 234 g/mol. The Kier molecular flexibility index (Phi) is 2.84. The van der Waals surface area contributed by atoms with Crippen molar-refractivity contribution in [2.45, 2.75) is 0 Å². The van der Waals surface area contributed by atoms with Gasteiger partial charge in [-0.15, -0.1) is 0 Å². The Morgan fingerprint density at radius 2 is 1.44 bits per heavy atom.